The zero-order valence-corrected chi connectivity index (χ0v) is 17.4. The largest absolute Gasteiger partial charge is 0.465 e. The Morgan fingerprint density at radius 1 is 1.19 bits per heavy atom. The molecule has 0 aliphatic carbocycles. The maximum absolute atomic E-state index is 13.9. The Morgan fingerprint density at radius 2 is 1.97 bits per heavy atom. The Balaban J connectivity index is 1.52. The highest BCUT2D eigenvalue weighted by Crippen LogP contribution is 2.34. The topological polar surface area (TPSA) is 64.4 Å². The highest BCUT2D eigenvalue weighted by Gasteiger charge is 2.34. The molecule has 0 N–H and O–H groups in total. The van der Waals surface area contributed by atoms with E-state index in [2.05, 4.69) is 5.10 Å². The third-order valence-corrected chi connectivity index (χ3v) is 5.59. The van der Waals surface area contributed by atoms with Crippen molar-refractivity contribution >= 4 is 11.9 Å². The second kappa shape index (κ2) is 7.94. The van der Waals surface area contributed by atoms with Crippen molar-refractivity contribution in [3.63, 3.8) is 0 Å². The Bertz CT molecular complexity index is 1190. The lowest BCUT2D eigenvalue weighted by atomic mass is 10.0. The van der Waals surface area contributed by atoms with Gasteiger partial charge in [-0.2, -0.15) is 5.10 Å². The number of methoxy groups -OCH3 is 1. The molecule has 0 bridgehead atoms. The second-order valence-electron chi connectivity index (χ2n) is 7.59. The predicted molar refractivity (Wildman–Crippen MR) is 108 cm³/mol. The van der Waals surface area contributed by atoms with Gasteiger partial charge in [-0.1, -0.05) is 6.07 Å². The van der Waals surface area contributed by atoms with Gasteiger partial charge in [0.1, 0.15) is 11.6 Å². The normalized spacial score (nSPS) is 15.1. The van der Waals surface area contributed by atoms with Crippen LogP contribution in [0.2, 0.25) is 0 Å². The van der Waals surface area contributed by atoms with Gasteiger partial charge >= 0.3 is 5.97 Å². The first-order valence-electron chi connectivity index (χ1n) is 9.78. The fourth-order valence-electron chi connectivity index (χ4n) is 3.87. The van der Waals surface area contributed by atoms with Crippen molar-refractivity contribution in [2.75, 3.05) is 7.11 Å². The number of halogens is 2. The van der Waals surface area contributed by atoms with Crippen molar-refractivity contribution < 1.29 is 23.1 Å². The summed E-state index contributed by atoms with van der Waals surface area (Å²) in [5.74, 6) is -1.85. The summed E-state index contributed by atoms with van der Waals surface area (Å²) in [5, 5.41) is 4.50. The number of rotatable bonds is 4. The summed E-state index contributed by atoms with van der Waals surface area (Å²) in [5.41, 5.74) is 3.54. The fraction of sp³-hybridized carbons (Fsp3) is 0.261. The molecule has 3 aromatic rings. The molecule has 0 fully saturated rings. The van der Waals surface area contributed by atoms with Gasteiger partial charge in [-0.25, -0.2) is 13.6 Å². The first kappa shape index (κ1) is 20.7. The van der Waals surface area contributed by atoms with Gasteiger partial charge in [0.15, 0.2) is 0 Å². The maximum atomic E-state index is 13.9. The molecule has 0 saturated carbocycles. The van der Waals surface area contributed by atoms with Gasteiger partial charge < -0.3 is 9.64 Å². The van der Waals surface area contributed by atoms with Gasteiger partial charge in [-0.05, 0) is 43.7 Å². The summed E-state index contributed by atoms with van der Waals surface area (Å²) in [7, 11) is 1.31. The molecule has 8 heteroatoms. The number of aryl methyl sites for hydroxylation is 1. The highest BCUT2D eigenvalue weighted by molar-refractivity contribution is 5.98. The van der Waals surface area contributed by atoms with E-state index >= 15 is 0 Å². The van der Waals surface area contributed by atoms with E-state index in [4.69, 9.17) is 4.74 Å². The van der Waals surface area contributed by atoms with E-state index in [0.717, 1.165) is 17.3 Å². The maximum Gasteiger partial charge on any atom is 0.337 e. The molecule has 4 rings (SSSR count). The van der Waals surface area contributed by atoms with Crippen molar-refractivity contribution in [2.45, 2.75) is 33.0 Å². The van der Waals surface area contributed by atoms with Crippen LogP contribution in [0.3, 0.4) is 0 Å². The number of carbonyl (C=O) groups excluding carboxylic acids is 2. The number of esters is 1. The summed E-state index contributed by atoms with van der Waals surface area (Å²) in [6.45, 7) is 4.18. The first-order valence-corrected chi connectivity index (χ1v) is 9.78. The molecule has 2 aromatic carbocycles. The third-order valence-electron chi connectivity index (χ3n) is 5.59. The SMILES string of the molecule is COC(=O)c1ccc(C(=O)N2Cc3nn(Cc4ccc(F)cc4F)cc3C2C)c(C)c1. The summed E-state index contributed by atoms with van der Waals surface area (Å²) in [4.78, 5) is 26.5. The van der Waals surface area contributed by atoms with E-state index in [-0.39, 0.29) is 18.5 Å². The molecule has 160 valence electrons. The number of hydrogen-bond acceptors (Lipinski definition) is 4. The van der Waals surface area contributed by atoms with Crippen molar-refractivity contribution in [3.8, 4) is 0 Å². The van der Waals surface area contributed by atoms with Gasteiger partial charge in [0.05, 0.1) is 37.5 Å². The van der Waals surface area contributed by atoms with Gasteiger partial charge in [-0.3, -0.25) is 9.48 Å². The predicted octanol–water partition coefficient (Wildman–Crippen LogP) is 4.02. The molecule has 31 heavy (non-hydrogen) atoms. The molecular formula is C23H21F2N3O3. The average Bonchev–Trinajstić information content (AvgIpc) is 3.27. The van der Waals surface area contributed by atoms with Crippen LogP contribution in [0.5, 0.6) is 0 Å². The van der Waals surface area contributed by atoms with E-state index in [1.54, 1.807) is 40.9 Å². The smallest absolute Gasteiger partial charge is 0.337 e. The van der Waals surface area contributed by atoms with Crippen LogP contribution < -0.4 is 0 Å². The van der Waals surface area contributed by atoms with E-state index in [9.17, 15) is 18.4 Å². The molecule has 1 atom stereocenters. The Kier molecular flexibility index (Phi) is 5.31. The van der Waals surface area contributed by atoms with Gasteiger partial charge in [0.2, 0.25) is 0 Å². The highest BCUT2D eigenvalue weighted by atomic mass is 19.1. The van der Waals surface area contributed by atoms with Crippen LogP contribution in [0, 0.1) is 18.6 Å². The minimum absolute atomic E-state index is 0.157. The summed E-state index contributed by atoms with van der Waals surface area (Å²) >= 11 is 0. The van der Waals surface area contributed by atoms with Crippen LogP contribution in [-0.4, -0.2) is 33.7 Å². The molecular weight excluding hydrogens is 404 g/mol. The van der Waals surface area contributed by atoms with E-state index in [1.165, 1.54) is 19.2 Å². The number of aromatic nitrogens is 2. The molecule has 1 aliphatic rings. The Hall–Kier alpha value is -3.55. The zero-order chi connectivity index (χ0) is 22.3. The molecule has 2 heterocycles. The van der Waals surface area contributed by atoms with Crippen LogP contribution in [0.1, 0.15) is 56.1 Å². The van der Waals surface area contributed by atoms with Gasteiger partial charge in [0.25, 0.3) is 5.91 Å². The number of hydrogen-bond donors (Lipinski definition) is 0. The number of benzene rings is 2. The number of fused-ring (bicyclic) bond motifs is 1. The van der Waals surface area contributed by atoms with Crippen molar-refractivity contribution in [1.82, 2.24) is 14.7 Å². The molecule has 1 amide bonds. The third kappa shape index (κ3) is 3.81. The standard InChI is InChI=1S/C23H21F2N3O3/c1-13-8-15(23(30)31-3)5-7-18(13)22(29)28-12-21-19(14(28)2)11-27(26-21)10-16-4-6-17(24)9-20(16)25/h4-9,11,14H,10,12H2,1-3H3. The van der Waals surface area contributed by atoms with Crippen LogP contribution in [0.25, 0.3) is 0 Å². The minimum Gasteiger partial charge on any atom is -0.465 e. The average molecular weight is 425 g/mol. The van der Waals surface area contributed by atoms with Crippen LogP contribution in [0.15, 0.2) is 42.6 Å². The molecule has 0 radical (unpaired) electrons. The lowest BCUT2D eigenvalue weighted by Crippen LogP contribution is -2.29. The summed E-state index contributed by atoms with van der Waals surface area (Å²) < 4.78 is 33.4. The quantitative estimate of drug-likeness (QED) is 0.593. The Labute approximate surface area is 178 Å². The van der Waals surface area contributed by atoms with Crippen LogP contribution in [-0.2, 0) is 17.8 Å². The monoisotopic (exact) mass is 425 g/mol. The molecule has 1 aliphatic heterocycles. The number of nitrogens with zero attached hydrogens (tertiary/aromatic N) is 3. The van der Waals surface area contributed by atoms with Crippen molar-refractivity contribution in [1.29, 1.82) is 0 Å². The van der Waals surface area contributed by atoms with Crippen molar-refractivity contribution in [3.05, 3.63) is 87.7 Å². The lowest BCUT2D eigenvalue weighted by Gasteiger charge is -2.23. The second-order valence-corrected chi connectivity index (χ2v) is 7.59. The zero-order valence-electron chi connectivity index (χ0n) is 17.4. The van der Waals surface area contributed by atoms with E-state index < -0.39 is 17.6 Å². The molecule has 6 nitrogen and oxygen atoms in total. The van der Waals surface area contributed by atoms with Gasteiger partial charge in [0, 0.05) is 29.0 Å². The fourth-order valence-corrected chi connectivity index (χ4v) is 3.87. The number of ether oxygens (including phenoxy) is 1. The molecule has 1 aromatic heterocycles. The van der Waals surface area contributed by atoms with Crippen LogP contribution in [0.4, 0.5) is 8.78 Å². The number of amides is 1. The lowest BCUT2D eigenvalue weighted by molar-refractivity contribution is 0.0599. The van der Waals surface area contributed by atoms with Gasteiger partial charge in [-0.15, -0.1) is 0 Å². The van der Waals surface area contributed by atoms with E-state index in [0.29, 0.717) is 28.8 Å². The molecule has 1 unspecified atom stereocenters. The number of carbonyl (C=O) groups is 2. The Morgan fingerprint density at radius 3 is 2.61 bits per heavy atom. The summed E-state index contributed by atoms with van der Waals surface area (Å²) in [6, 6.07) is 8.09. The molecule has 0 saturated heterocycles. The minimum atomic E-state index is -0.623. The van der Waals surface area contributed by atoms with Crippen molar-refractivity contribution in [2.24, 2.45) is 0 Å². The summed E-state index contributed by atoms with van der Waals surface area (Å²) in [6.07, 6.45) is 1.79. The molecule has 0 spiro atoms. The first-order chi connectivity index (χ1) is 14.8. The van der Waals surface area contributed by atoms with Crippen LogP contribution >= 0.6 is 0 Å². The van der Waals surface area contributed by atoms with E-state index in [1.807, 2.05) is 6.92 Å².